The molecular formula is C14H15N3O4S. The molecule has 2 aliphatic rings. The zero-order chi connectivity index (χ0) is 15.5. The van der Waals surface area contributed by atoms with Gasteiger partial charge in [0.25, 0.3) is 5.91 Å². The lowest BCUT2D eigenvalue weighted by Crippen LogP contribution is -2.15. The highest BCUT2D eigenvalue weighted by Gasteiger charge is 2.34. The maximum Gasteiger partial charge on any atom is 0.272 e. The fourth-order valence-electron chi connectivity index (χ4n) is 2.85. The van der Waals surface area contributed by atoms with E-state index in [-0.39, 0.29) is 16.6 Å². The van der Waals surface area contributed by atoms with Gasteiger partial charge in [0, 0.05) is 17.7 Å². The SMILES string of the molecule is Cc1noc(C2CC2)c1NC(=O)c1[nH]cc2c1CCS2(=O)=O. The zero-order valence-corrected chi connectivity index (χ0v) is 12.8. The molecule has 2 aromatic rings. The summed E-state index contributed by atoms with van der Waals surface area (Å²) in [5, 5.41) is 6.73. The largest absolute Gasteiger partial charge is 0.359 e. The van der Waals surface area contributed by atoms with Crippen LogP contribution in [0.2, 0.25) is 0 Å². The van der Waals surface area contributed by atoms with E-state index in [9.17, 15) is 13.2 Å². The van der Waals surface area contributed by atoms with Gasteiger partial charge in [-0.15, -0.1) is 0 Å². The third-order valence-electron chi connectivity index (χ3n) is 4.21. The number of nitrogens with zero attached hydrogens (tertiary/aromatic N) is 1. The van der Waals surface area contributed by atoms with Crippen molar-refractivity contribution >= 4 is 21.4 Å². The second-order valence-corrected chi connectivity index (χ2v) is 7.89. The minimum atomic E-state index is -3.24. The number of hydrogen-bond donors (Lipinski definition) is 2. The van der Waals surface area contributed by atoms with Crippen molar-refractivity contribution in [3.05, 3.63) is 28.9 Å². The van der Waals surface area contributed by atoms with Gasteiger partial charge in [0.15, 0.2) is 15.6 Å². The number of anilines is 1. The van der Waals surface area contributed by atoms with E-state index in [4.69, 9.17) is 4.52 Å². The van der Waals surface area contributed by atoms with Gasteiger partial charge < -0.3 is 14.8 Å². The van der Waals surface area contributed by atoms with Gasteiger partial charge in [0.2, 0.25) is 0 Å². The van der Waals surface area contributed by atoms with E-state index in [1.807, 2.05) is 0 Å². The highest BCUT2D eigenvalue weighted by molar-refractivity contribution is 7.91. The van der Waals surface area contributed by atoms with Crippen LogP contribution in [0.5, 0.6) is 0 Å². The first-order chi connectivity index (χ1) is 10.5. The Morgan fingerprint density at radius 2 is 2.23 bits per heavy atom. The number of sulfone groups is 1. The minimum Gasteiger partial charge on any atom is -0.359 e. The predicted molar refractivity (Wildman–Crippen MR) is 77.7 cm³/mol. The van der Waals surface area contributed by atoms with E-state index in [1.165, 1.54) is 6.20 Å². The average Bonchev–Trinajstić information content (AvgIpc) is 3.00. The number of aromatic amines is 1. The minimum absolute atomic E-state index is 0.0618. The van der Waals surface area contributed by atoms with Crippen molar-refractivity contribution in [1.82, 2.24) is 10.1 Å². The van der Waals surface area contributed by atoms with Gasteiger partial charge in [-0.3, -0.25) is 4.79 Å². The number of fused-ring (bicyclic) bond motifs is 1. The Labute approximate surface area is 127 Å². The number of rotatable bonds is 3. The summed E-state index contributed by atoms with van der Waals surface area (Å²) in [4.78, 5) is 15.5. The molecule has 1 aliphatic heterocycles. The molecule has 1 amide bonds. The molecule has 8 heteroatoms. The van der Waals surface area contributed by atoms with Crippen LogP contribution in [0.25, 0.3) is 0 Å². The van der Waals surface area contributed by atoms with E-state index in [1.54, 1.807) is 6.92 Å². The van der Waals surface area contributed by atoms with Gasteiger partial charge in [0.05, 0.1) is 10.6 Å². The Hall–Kier alpha value is -2.09. The van der Waals surface area contributed by atoms with Crippen LogP contribution < -0.4 is 5.32 Å². The molecule has 0 unspecified atom stereocenters. The summed E-state index contributed by atoms with van der Waals surface area (Å²) in [6.07, 6.45) is 3.83. The highest BCUT2D eigenvalue weighted by Crippen LogP contribution is 2.44. The molecule has 2 N–H and O–H groups in total. The molecule has 0 saturated heterocycles. The molecule has 3 heterocycles. The maximum atomic E-state index is 12.5. The molecule has 4 rings (SSSR count). The molecule has 1 aliphatic carbocycles. The van der Waals surface area contributed by atoms with Crippen LogP contribution in [0, 0.1) is 6.92 Å². The fraction of sp³-hybridized carbons (Fsp3) is 0.429. The monoisotopic (exact) mass is 321 g/mol. The maximum absolute atomic E-state index is 12.5. The first kappa shape index (κ1) is 13.6. The Morgan fingerprint density at radius 3 is 2.95 bits per heavy atom. The molecule has 7 nitrogen and oxygen atoms in total. The molecule has 0 atom stereocenters. The lowest BCUT2D eigenvalue weighted by molar-refractivity contribution is 0.102. The Morgan fingerprint density at radius 1 is 1.45 bits per heavy atom. The van der Waals surface area contributed by atoms with E-state index < -0.39 is 9.84 Å². The summed E-state index contributed by atoms with van der Waals surface area (Å²) < 4.78 is 29.0. The van der Waals surface area contributed by atoms with Crippen LogP contribution in [0.3, 0.4) is 0 Å². The Kier molecular flexibility index (Phi) is 2.75. The lowest BCUT2D eigenvalue weighted by atomic mass is 10.1. The average molecular weight is 321 g/mol. The van der Waals surface area contributed by atoms with Crippen molar-refractivity contribution in [2.45, 2.75) is 37.0 Å². The number of H-pyrrole nitrogens is 1. The predicted octanol–water partition coefficient (Wildman–Crippen LogP) is 1.77. The van der Waals surface area contributed by atoms with E-state index in [0.29, 0.717) is 40.7 Å². The van der Waals surface area contributed by atoms with Crippen LogP contribution in [0.4, 0.5) is 5.69 Å². The molecule has 2 aromatic heterocycles. The summed E-state index contributed by atoms with van der Waals surface area (Å²) in [5.41, 5.74) is 2.11. The van der Waals surface area contributed by atoms with Crippen molar-refractivity contribution in [1.29, 1.82) is 0 Å². The number of carbonyl (C=O) groups excluding carboxylic acids is 1. The normalized spacial score (nSPS) is 19.1. The van der Waals surface area contributed by atoms with Crippen molar-refractivity contribution in [3.8, 4) is 0 Å². The molecule has 116 valence electrons. The van der Waals surface area contributed by atoms with Gasteiger partial charge in [-0.1, -0.05) is 5.16 Å². The number of amides is 1. The van der Waals surface area contributed by atoms with Crippen LogP contribution in [0.15, 0.2) is 15.6 Å². The number of hydrogen-bond acceptors (Lipinski definition) is 5. The van der Waals surface area contributed by atoms with E-state index in [0.717, 1.165) is 12.8 Å². The molecule has 1 saturated carbocycles. The number of aryl methyl sites for hydroxylation is 1. The lowest BCUT2D eigenvalue weighted by Gasteiger charge is -2.05. The van der Waals surface area contributed by atoms with Crippen molar-refractivity contribution < 1.29 is 17.7 Å². The van der Waals surface area contributed by atoms with Crippen LogP contribution in [-0.4, -0.2) is 30.2 Å². The van der Waals surface area contributed by atoms with Gasteiger partial charge in [-0.05, 0) is 26.2 Å². The van der Waals surface area contributed by atoms with Gasteiger partial charge in [0.1, 0.15) is 17.1 Å². The summed E-state index contributed by atoms with van der Waals surface area (Å²) in [6.45, 7) is 1.77. The van der Waals surface area contributed by atoms with E-state index >= 15 is 0 Å². The van der Waals surface area contributed by atoms with Gasteiger partial charge >= 0.3 is 0 Å². The quantitative estimate of drug-likeness (QED) is 0.896. The fourth-order valence-corrected chi connectivity index (χ4v) is 4.36. The summed E-state index contributed by atoms with van der Waals surface area (Å²) in [6, 6.07) is 0. The van der Waals surface area contributed by atoms with Crippen molar-refractivity contribution in [3.63, 3.8) is 0 Å². The van der Waals surface area contributed by atoms with Gasteiger partial charge in [-0.25, -0.2) is 8.42 Å². The molecule has 1 fully saturated rings. The van der Waals surface area contributed by atoms with Crippen molar-refractivity contribution in [2.75, 3.05) is 11.1 Å². The molecule has 0 spiro atoms. The summed E-state index contributed by atoms with van der Waals surface area (Å²) in [5.74, 6) is 0.742. The third kappa shape index (κ3) is 1.98. The first-order valence-corrected chi connectivity index (χ1v) is 8.83. The Balaban J connectivity index is 1.66. The topological polar surface area (TPSA) is 105 Å². The zero-order valence-electron chi connectivity index (χ0n) is 12.0. The molecule has 0 bridgehead atoms. The summed E-state index contributed by atoms with van der Waals surface area (Å²) in [7, 11) is -3.24. The highest BCUT2D eigenvalue weighted by atomic mass is 32.2. The summed E-state index contributed by atoms with van der Waals surface area (Å²) >= 11 is 0. The second-order valence-electron chi connectivity index (χ2n) is 5.81. The molecule has 0 aromatic carbocycles. The molecule has 22 heavy (non-hydrogen) atoms. The van der Waals surface area contributed by atoms with Crippen LogP contribution in [0.1, 0.15) is 46.3 Å². The van der Waals surface area contributed by atoms with Crippen LogP contribution >= 0.6 is 0 Å². The van der Waals surface area contributed by atoms with E-state index in [2.05, 4.69) is 15.5 Å². The second kappa shape index (κ2) is 4.45. The molecular weight excluding hydrogens is 306 g/mol. The number of aromatic nitrogens is 2. The number of nitrogens with one attached hydrogen (secondary N) is 2. The molecule has 0 radical (unpaired) electrons. The number of carbonyl (C=O) groups is 1. The smallest absolute Gasteiger partial charge is 0.272 e. The van der Waals surface area contributed by atoms with Crippen molar-refractivity contribution in [2.24, 2.45) is 0 Å². The first-order valence-electron chi connectivity index (χ1n) is 7.18. The van der Waals surface area contributed by atoms with Crippen LogP contribution in [-0.2, 0) is 16.3 Å². The Bertz CT molecular complexity index is 874. The van der Waals surface area contributed by atoms with Gasteiger partial charge in [-0.2, -0.15) is 0 Å². The standard InChI is InChI=1S/C14H15N3O4S/c1-7-11(13(21-17-7)8-2-3-8)16-14(18)12-9-4-5-22(19,20)10(9)6-15-12/h6,8,15H,2-5H2,1H3,(H,16,18). The third-order valence-corrected chi connectivity index (χ3v) is 5.98.